The summed E-state index contributed by atoms with van der Waals surface area (Å²) in [6.07, 6.45) is 0. The van der Waals surface area contributed by atoms with Crippen molar-refractivity contribution in [2.75, 3.05) is 18.9 Å². The molecule has 23 heavy (non-hydrogen) atoms. The number of nitrogens with one attached hydrogen (secondary N) is 1. The summed E-state index contributed by atoms with van der Waals surface area (Å²) in [5.74, 6) is -1.28. The van der Waals surface area contributed by atoms with Crippen LogP contribution in [0.15, 0.2) is 35.2 Å². The maximum Gasteiger partial charge on any atom is 0.265 e. The summed E-state index contributed by atoms with van der Waals surface area (Å²) < 4.78 is 63.8. The van der Waals surface area contributed by atoms with Gasteiger partial charge in [0.25, 0.3) is 10.0 Å². The second-order valence-corrected chi connectivity index (χ2v) is 6.30. The predicted molar refractivity (Wildman–Crippen MR) is 81.4 cm³/mol. The minimum absolute atomic E-state index is 0.0827. The highest BCUT2D eigenvalue weighted by atomic mass is 32.2. The van der Waals surface area contributed by atoms with Crippen molar-refractivity contribution in [3.05, 3.63) is 47.5 Å². The Bertz CT molecular complexity index is 838. The Morgan fingerprint density at radius 1 is 1.04 bits per heavy atom. The van der Waals surface area contributed by atoms with Gasteiger partial charge >= 0.3 is 0 Å². The van der Waals surface area contributed by atoms with Crippen LogP contribution in [0.25, 0.3) is 0 Å². The molecule has 0 heterocycles. The first-order valence-corrected chi connectivity index (χ1v) is 7.98. The van der Waals surface area contributed by atoms with E-state index in [-0.39, 0.29) is 16.3 Å². The molecular formula is C15H15F2NO4S. The number of methoxy groups -OCH3 is 2. The first kappa shape index (κ1) is 17.0. The standard InChI is InChI=1S/C15H15F2NO4S/c1-9-13(21-2)6-7-14(15(9)22-3)23(19,20)18-12-5-4-10(16)8-11(12)17/h4-8,18H,1-3H3. The molecule has 0 aliphatic carbocycles. The molecule has 2 aromatic carbocycles. The Morgan fingerprint density at radius 3 is 2.30 bits per heavy atom. The summed E-state index contributed by atoms with van der Waals surface area (Å²) in [6, 6.07) is 5.30. The van der Waals surface area contributed by atoms with Crippen molar-refractivity contribution in [3.8, 4) is 11.5 Å². The van der Waals surface area contributed by atoms with E-state index >= 15 is 0 Å². The number of hydrogen-bond acceptors (Lipinski definition) is 4. The largest absolute Gasteiger partial charge is 0.496 e. The Labute approximate surface area is 132 Å². The van der Waals surface area contributed by atoms with Crippen LogP contribution in [0.4, 0.5) is 14.5 Å². The summed E-state index contributed by atoms with van der Waals surface area (Å²) >= 11 is 0. The van der Waals surface area contributed by atoms with Gasteiger partial charge < -0.3 is 9.47 Å². The van der Waals surface area contributed by atoms with Gasteiger partial charge in [-0.15, -0.1) is 0 Å². The smallest absolute Gasteiger partial charge is 0.265 e. The van der Waals surface area contributed by atoms with E-state index in [1.807, 2.05) is 0 Å². The topological polar surface area (TPSA) is 64.6 Å². The van der Waals surface area contributed by atoms with E-state index in [1.165, 1.54) is 26.4 Å². The minimum atomic E-state index is -4.13. The van der Waals surface area contributed by atoms with Gasteiger partial charge in [0, 0.05) is 11.6 Å². The average Bonchev–Trinajstić information content (AvgIpc) is 2.49. The summed E-state index contributed by atoms with van der Waals surface area (Å²) in [5, 5.41) is 0. The number of halogens is 2. The molecule has 0 saturated carbocycles. The second-order valence-electron chi connectivity index (χ2n) is 4.65. The number of ether oxygens (including phenoxy) is 2. The van der Waals surface area contributed by atoms with Gasteiger partial charge in [0.2, 0.25) is 0 Å². The van der Waals surface area contributed by atoms with E-state index in [0.717, 1.165) is 12.1 Å². The maximum atomic E-state index is 13.7. The van der Waals surface area contributed by atoms with E-state index in [1.54, 1.807) is 6.92 Å². The summed E-state index contributed by atoms with van der Waals surface area (Å²) in [6.45, 7) is 1.63. The van der Waals surface area contributed by atoms with Crippen LogP contribution in [0.5, 0.6) is 11.5 Å². The van der Waals surface area contributed by atoms with Crippen LogP contribution < -0.4 is 14.2 Å². The van der Waals surface area contributed by atoms with Gasteiger partial charge in [-0.2, -0.15) is 0 Å². The van der Waals surface area contributed by atoms with Crippen molar-refractivity contribution in [1.82, 2.24) is 0 Å². The molecule has 0 amide bonds. The highest BCUT2D eigenvalue weighted by molar-refractivity contribution is 7.92. The third-order valence-corrected chi connectivity index (χ3v) is 4.60. The highest BCUT2D eigenvalue weighted by Crippen LogP contribution is 2.35. The van der Waals surface area contributed by atoms with Crippen LogP contribution in [0.2, 0.25) is 0 Å². The zero-order chi connectivity index (χ0) is 17.2. The second kappa shape index (κ2) is 6.41. The fourth-order valence-corrected chi connectivity index (χ4v) is 3.40. The van der Waals surface area contributed by atoms with Gasteiger partial charge in [0.1, 0.15) is 28.0 Å². The molecule has 0 fully saturated rings. The van der Waals surface area contributed by atoms with E-state index in [0.29, 0.717) is 17.4 Å². The van der Waals surface area contributed by atoms with Crippen molar-refractivity contribution in [2.45, 2.75) is 11.8 Å². The first-order chi connectivity index (χ1) is 10.8. The Kier molecular flexibility index (Phi) is 4.74. The van der Waals surface area contributed by atoms with E-state index < -0.39 is 21.7 Å². The van der Waals surface area contributed by atoms with Crippen LogP contribution in [0, 0.1) is 18.6 Å². The number of rotatable bonds is 5. The molecule has 8 heteroatoms. The summed E-state index contributed by atoms with van der Waals surface area (Å²) in [4.78, 5) is -0.179. The molecule has 0 atom stereocenters. The summed E-state index contributed by atoms with van der Waals surface area (Å²) in [5.41, 5.74) is 0.124. The third-order valence-electron chi connectivity index (χ3n) is 3.21. The zero-order valence-electron chi connectivity index (χ0n) is 12.7. The lowest BCUT2D eigenvalue weighted by molar-refractivity contribution is 0.380. The van der Waals surface area contributed by atoms with Gasteiger partial charge in [-0.05, 0) is 31.2 Å². The molecular weight excluding hydrogens is 328 g/mol. The quantitative estimate of drug-likeness (QED) is 0.906. The van der Waals surface area contributed by atoms with E-state index in [9.17, 15) is 17.2 Å². The molecule has 0 aliphatic rings. The Morgan fingerprint density at radius 2 is 1.74 bits per heavy atom. The minimum Gasteiger partial charge on any atom is -0.496 e. The first-order valence-electron chi connectivity index (χ1n) is 6.49. The molecule has 0 aromatic heterocycles. The molecule has 0 spiro atoms. The Hall–Kier alpha value is -2.35. The van der Waals surface area contributed by atoms with Crippen molar-refractivity contribution < 1.29 is 26.7 Å². The van der Waals surface area contributed by atoms with Crippen molar-refractivity contribution in [2.24, 2.45) is 0 Å². The van der Waals surface area contributed by atoms with Gasteiger partial charge in [0.05, 0.1) is 19.9 Å². The van der Waals surface area contributed by atoms with Crippen LogP contribution in [0.3, 0.4) is 0 Å². The lowest BCUT2D eigenvalue weighted by atomic mass is 10.2. The number of anilines is 1. The summed E-state index contributed by atoms with van der Waals surface area (Å²) in [7, 11) is -1.37. The lowest BCUT2D eigenvalue weighted by Crippen LogP contribution is -2.15. The average molecular weight is 343 g/mol. The lowest BCUT2D eigenvalue weighted by Gasteiger charge is -2.15. The van der Waals surface area contributed by atoms with E-state index in [2.05, 4.69) is 4.72 Å². The van der Waals surface area contributed by atoms with Crippen molar-refractivity contribution >= 4 is 15.7 Å². The molecule has 1 N–H and O–H groups in total. The molecule has 0 radical (unpaired) electrons. The maximum absolute atomic E-state index is 13.7. The molecule has 124 valence electrons. The zero-order valence-corrected chi connectivity index (χ0v) is 13.5. The van der Waals surface area contributed by atoms with Gasteiger partial charge in [-0.1, -0.05) is 0 Å². The van der Waals surface area contributed by atoms with Crippen molar-refractivity contribution in [1.29, 1.82) is 0 Å². The third kappa shape index (κ3) is 3.37. The van der Waals surface area contributed by atoms with Crippen LogP contribution in [-0.4, -0.2) is 22.6 Å². The van der Waals surface area contributed by atoms with Gasteiger partial charge in [0.15, 0.2) is 0 Å². The Balaban J connectivity index is 2.49. The van der Waals surface area contributed by atoms with Crippen molar-refractivity contribution in [3.63, 3.8) is 0 Å². The van der Waals surface area contributed by atoms with Gasteiger partial charge in [-0.25, -0.2) is 17.2 Å². The monoisotopic (exact) mass is 343 g/mol. The van der Waals surface area contributed by atoms with Crippen LogP contribution in [-0.2, 0) is 10.0 Å². The number of sulfonamides is 1. The predicted octanol–water partition coefficient (Wildman–Crippen LogP) is 3.09. The van der Waals surface area contributed by atoms with Crippen LogP contribution >= 0.6 is 0 Å². The molecule has 0 aliphatic heterocycles. The molecule has 5 nitrogen and oxygen atoms in total. The van der Waals surface area contributed by atoms with E-state index in [4.69, 9.17) is 9.47 Å². The highest BCUT2D eigenvalue weighted by Gasteiger charge is 2.24. The molecule has 2 rings (SSSR count). The molecule has 0 unspecified atom stereocenters. The van der Waals surface area contributed by atoms with Gasteiger partial charge in [-0.3, -0.25) is 4.72 Å². The molecule has 2 aromatic rings. The fraction of sp³-hybridized carbons (Fsp3) is 0.200. The molecule has 0 bridgehead atoms. The fourth-order valence-electron chi connectivity index (χ4n) is 2.11. The van der Waals surface area contributed by atoms with Crippen LogP contribution in [0.1, 0.15) is 5.56 Å². The normalized spacial score (nSPS) is 11.2. The molecule has 0 saturated heterocycles. The number of hydrogen-bond donors (Lipinski definition) is 1. The SMILES string of the molecule is COc1ccc(S(=O)(=O)Nc2ccc(F)cc2F)c(OC)c1C. The number of benzene rings is 2.